The van der Waals surface area contributed by atoms with Crippen LogP contribution >= 0.6 is 11.8 Å². The molecular formula is C45H78N6O12S. The van der Waals surface area contributed by atoms with Crippen LogP contribution in [0.3, 0.4) is 0 Å². The number of fused-ring (bicyclic) bond motifs is 2. The van der Waals surface area contributed by atoms with Gasteiger partial charge in [0.1, 0.15) is 18.2 Å². The number of rotatable bonds is 9. The molecule has 5 aliphatic heterocycles. The second-order valence-electron chi connectivity index (χ2n) is 19.7. The average molecular weight is 927 g/mol. The summed E-state index contributed by atoms with van der Waals surface area (Å²) in [5.74, 6) is -3.10. The van der Waals surface area contributed by atoms with E-state index in [0.717, 1.165) is 0 Å². The molecule has 18 nitrogen and oxygen atoms in total. The second kappa shape index (κ2) is 21.9. The molecule has 0 unspecified atom stereocenters. The quantitative estimate of drug-likeness (QED) is 0.261. The Morgan fingerprint density at radius 2 is 1.72 bits per heavy atom. The van der Waals surface area contributed by atoms with Gasteiger partial charge in [-0.25, -0.2) is 4.99 Å². The van der Waals surface area contributed by atoms with Crippen molar-refractivity contribution in [3.63, 3.8) is 0 Å². The van der Waals surface area contributed by atoms with E-state index in [2.05, 4.69) is 10.6 Å². The van der Waals surface area contributed by atoms with E-state index < -0.39 is 90.0 Å². The molecule has 0 aromatic rings. The average Bonchev–Trinajstić information content (AvgIpc) is 3.84. The van der Waals surface area contributed by atoms with Gasteiger partial charge in [-0.05, 0) is 91.6 Å². The van der Waals surface area contributed by atoms with Crippen LogP contribution in [0.1, 0.15) is 101 Å². The fourth-order valence-corrected chi connectivity index (χ4v) is 10.7. The van der Waals surface area contributed by atoms with Gasteiger partial charge in [0.05, 0.1) is 54.1 Å². The summed E-state index contributed by atoms with van der Waals surface area (Å²) in [5.41, 5.74) is -2.70. The highest BCUT2D eigenvalue weighted by molar-refractivity contribution is 7.98. The van der Waals surface area contributed by atoms with Crippen LogP contribution in [0, 0.1) is 17.8 Å². The molecular weight excluding hydrogens is 849 g/mol. The fourth-order valence-electron chi connectivity index (χ4n) is 10.3. The van der Waals surface area contributed by atoms with Crippen molar-refractivity contribution in [1.82, 2.24) is 25.3 Å². The molecule has 5 fully saturated rings. The molecule has 64 heavy (non-hydrogen) atoms. The summed E-state index contributed by atoms with van der Waals surface area (Å²) in [6, 6.07) is -1.47. The van der Waals surface area contributed by atoms with Crippen LogP contribution in [0.5, 0.6) is 0 Å². The van der Waals surface area contributed by atoms with Gasteiger partial charge in [0.25, 0.3) is 6.02 Å². The summed E-state index contributed by atoms with van der Waals surface area (Å²) in [5, 5.41) is 29.8. The van der Waals surface area contributed by atoms with Crippen LogP contribution in [-0.2, 0) is 47.6 Å². The van der Waals surface area contributed by atoms with Crippen molar-refractivity contribution >= 4 is 41.4 Å². The van der Waals surface area contributed by atoms with Gasteiger partial charge in [-0.1, -0.05) is 20.8 Å². The summed E-state index contributed by atoms with van der Waals surface area (Å²) in [6.45, 7) is 16.9. The summed E-state index contributed by atoms with van der Waals surface area (Å²) < 4.78 is 39.1. The molecule has 4 N–H and O–H groups in total. The Hall–Kier alpha value is -2.78. The van der Waals surface area contributed by atoms with Gasteiger partial charge in [0.15, 0.2) is 18.7 Å². The van der Waals surface area contributed by atoms with Gasteiger partial charge in [-0.2, -0.15) is 11.8 Å². The van der Waals surface area contributed by atoms with E-state index in [4.69, 9.17) is 33.4 Å². The lowest BCUT2D eigenvalue weighted by Gasteiger charge is -2.48. The number of nitrogens with one attached hydrogen (secondary N) is 2. The fraction of sp³-hybridized carbons (Fsp3) is 0.889. The number of carbonyl (C=O) groups excluding carboxylic acids is 4. The number of amides is 4. The first-order valence-electron chi connectivity index (χ1n) is 23.2. The van der Waals surface area contributed by atoms with Crippen molar-refractivity contribution in [3.05, 3.63) is 0 Å². The zero-order valence-electron chi connectivity index (χ0n) is 40.4. The zero-order chi connectivity index (χ0) is 47.4. The lowest BCUT2D eigenvalue weighted by molar-refractivity contribution is -0.313. The van der Waals surface area contributed by atoms with Gasteiger partial charge < -0.3 is 64.0 Å². The molecule has 0 aromatic heterocycles. The predicted molar refractivity (Wildman–Crippen MR) is 241 cm³/mol. The molecule has 5 rings (SSSR count). The SMILES string of the molecule is CO[C@]1(C)C[C@H](O[C@@H]2[C@H](C)[C@@H](O[C@@H]3O[C@H](C)C[C@H]4[C@H]3O/C(=N/C(C)C)N4C)[C@](C)(O)C[C@@H](C)CN(C)C(=O)CNC(=O)[C@@H]3CCCN3C(=O)[C@H](CCSC)NC(=O)[C@@H]2C)O[C@@H](C)[C@@H]1O. The first kappa shape index (κ1) is 52.2. The molecule has 0 spiro atoms. The number of aliphatic hydroxyl groups is 2. The number of nitrogens with zero attached hydrogens (tertiary/aromatic N) is 4. The van der Waals surface area contributed by atoms with Gasteiger partial charge in [-0.3, -0.25) is 19.2 Å². The molecule has 5 saturated heterocycles. The molecule has 0 aliphatic carbocycles. The summed E-state index contributed by atoms with van der Waals surface area (Å²) >= 11 is 1.53. The summed E-state index contributed by atoms with van der Waals surface area (Å²) in [7, 11) is 5.10. The lowest BCUT2D eigenvalue weighted by atomic mass is 9.77. The minimum Gasteiger partial charge on any atom is -0.454 e. The Bertz CT molecular complexity index is 1660. The highest BCUT2D eigenvalue weighted by Gasteiger charge is 2.54. The molecule has 366 valence electrons. The maximum atomic E-state index is 14.8. The number of hydrogen-bond donors (Lipinski definition) is 4. The van der Waals surface area contributed by atoms with Crippen molar-refractivity contribution in [2.45, 2.75) is 185 Å². The van der Waals surface area contributed by atoms with Crippen LogP contribution in [0.15, 0.2) is 4.99 Å². The largest absolute Gasteiger partial charge is 0.454 e. The maximum Gasteiger partial charge on any atom is 0.288 e. The second-order valence-corrected chi connectivity index (χ2v) is 20.7. The predicted octanol–water partition coefficient (Wildman–Crippen LogP) is 2.12. The van der Waals surface area contributed by atoms with E-state index in [9.17, 15) is 29.4 Å². The number of carbonyl (C=O) groups is 4. The zero-order valence-corrected chi connectivity index (χ0v) is 41.2. The van der Waals surface area contributed by atoms with Crippen molar-refractivity contribution in [1.29, 1.82) is 0 Å². The molecule has 16 atom stereocenters. The Balaban J connectivity index is 1.60. The van der Waals surface area contributed by atoms with E-state index in [1.807, 2.05) is 52.8 Å². The van der Waals surface area contributed by atoms with E-state index in [1.165, 1.54) is 28.7 Å². The maximum absolute atomic E-state index is 14.8. The van der Waals surface area contributed by atoms with Crippen LogP contribution in [0.25, 0.3) is 0 Å². The molecule has 5 aliphatic rings. The first-order valence-corrected chi connectivity index (χ1v) is 24.6. The molecule has 0 bridgehead atoms. The minimum atomic E-state index is -1.64. The standard InChI is InChI=1S/C45H78N6O12S/c1-24(2)47-43-50(11)32-19-26(4)59-42(36(32)62-43)63-38-27(5)35(61-34-21-45(9,58-12)37(53)29(7)60-34)28(6)39(54)48-30(16-18-64-13)41(56)51-17-14-15-31(51)40(55)46-22-33(52)49(10)23-25(3)20-44(38,8)57/h24-32,34-38,42,53,57H,14-23H2,1-13H3,(H,46,55)(H,48,54)/b47-43+/t25-,26-,27+,28-,29+,30+,31+,32+,34+,35-,36-,37+,38-,42+,44-,45-/m1/s1. The van der Waals surface area contributed by atoms with Crippen LogP contribution in [-0.4, -0.2) is 192 Å². The highest BCUT2D eigenvalue weighted by Crippen LogP contribution is 2.41. The van der Waals surface area contributed by atoms with Gasteiger partial charge in [0.2, 0.25) is 23.6 Å². The number of ether oxygens (including phenoxy) is 6. The third kappa shape index (κ3) is 12.0. The number of methoxy groups -OCH3 is 1. The third-order valence-corrected chi connectivity index (χ3v) is 14.5. The molecule has 5 heterocycles. The number of aliphatic imine (C=N–C) groups is 1. The van der Waals surface area contributed by atoms with Crippen molar-refractivity contribution < 1.29 is 57.8 Å². The third-order valence-electron chi connectivity index (χ3n) is 13.8. The summed E-state index contributed by atoms with van der Waals surface area (Å²) in [4.78, 5) is 66.0. The Morgan fingerprint density at radius 1 is 1.02 bits per heavy atom. The number of aliphatic hydroxyl groups excluding tert-OH is 1. The van der Waals surface area contributed by atoms with Gasteiger partial charge in [0, 0.05) is 52.7 Å². The minimum absolute atomic E-state index is 0.0336. The van der Waals surface area contributed by atoms with E-state index in [1.54, 1.807) is 34.7 Å². The monoisotopic (exact) mass is 927 g/mol. The number of likely N-dealkylation sites (N-methyl/N-ethyl adjacent to an activating group) is 2. The Morgan fingerprint density at radius 3 is 2.38 bits per heavy atom. The smallest absolute Gasteiger partial charge is 0.288 e. The Labute approximate surface area is 384 Å². The van der Waals surface area contributed by atoms with Gasteiger partial charge in [-0.15, -0.1) is 0 Å². The van der Waals surface area contributed by atoms with Crippen LogP contribution in [0.2, 0.25) is 0 Å². The number of hydrogen-bond acceptors (Lipinski definition) is 14. The van der Waals surface area contributed by atoms with Crippen LogP contribution < -0.4 is 10.6 Å². The first-order chi connectivity index (χ1) is 30.0. The normalized spacial score (nSPS) is 41.8. The molecule has 0 saturated carbocycles. The van der Waals surface area contributed by atoms with Crippen molar-refractivity contribution in [2.75, 3.05) is 52.8 Å². The van der Waals surface area contributed by atoms with E-state index in [-0.39, 0.29) is 61.9 Å². The molecule has 19 heteroatoms. The van der Waals surface area contributed by atoms with E-state index >= 15 is 0 Å². The molecule has 0 aromatic carbocycles. The lowest BCUT2D eigenvalue weighted by Crippen LogP contribution is -2.60. The van der Waals surface area contributed by atoms with Crippen molar-refractivity contribution in [3.8, 4) is 0 Å². The van der Waals surface area contributed by atoms with Crippen molar-refractivity contribution in [2.24, 2.45) is 22.7 Å². The Kier molecular flexibility index (Phi) is 17.9. The molecule has 0 radical (unpaired) electrons. The topological polar surface area (TPSA) is 210 Å². The number of thioether (sulfide) groups is 1. The van der Waals surface area contributed by atoms with Crippen LogP contribution in [0.4, 0.5) is 0 Å². The van der Waals surface area contributed by atoms with E-state index in [0.29, 0.717) is 44.0 Å². The highest BCUT2D eigenvalue weighted by atomic mass is 32.2. The summed E-state index contributed by atoms with van der Waals surface area (Å²) in [6.07, 6.45) is -2.47. The van der Waals surface area contributed by atoms with Gasteiger partial charge >= 0.3 is 0 Å². The molecule has 4 amide bonds. The number of amidine groups is 1.